The third-order valence-corrected chi connectivity index (χ3v) is 1.43. The van der Waals surface area contributed by atoms with Crippen LogP contribution in [0.15, 0.2) is 0 Å². The molecule has 0 unspecified atom stereocenters. The summed E-state index contributed by atoms with van der Waals surface area (Å²) in [5.41, 5.74) is 2.05. The zero-order chi connectivity index (χ0) is 8.53. The van der Waals surface area contributed by atoms with Gasteiger partial charge in [-0.15, -0.1) is 0 Å². The van der Waals surface area contributed by atoms with E-state index in [-0.39, 0.29) is 6.42 Å². The van der Waals surface area contributed by atoms with Crippen molar-refractivity contribution in [2.75, 3.05) is 6.54 Å². The lowest BCUT2D eigenvalue weighted by Crippen LogP contribution is -2.08. The van der Waals surface area contributed by atoms with E-state index in [1.807, 2.05) is 0 Å². The van der Waals surface area contributed by atoms with Crippen molar-refractivity contribution in [2.45, 2.75) is 32.1 Å². The van der Waals surface area contributed by atoms with Gasteiger partial charge < -0.3 is 10.3 Å². The largest absolute Gasteiger partial charge is 0.481 e. The van der Waals surface area contributed by atoms with Crippen LogP contribution in [0.25, 0.3) is 0 Å². The average molecular weight is 161 g/mol. The summed E-state index contributed by atoms with van der Waals surface area (Å²) in [5, 5.41) is 16.4. The van der Waals surface area contributed by atoms with Gasteiger partial charge in [0.15, 0.2) is 0 Å². The minimum Gasteiger partial charge on any atom is -0.481 e. The van der Waals surface area contributed by atoms with Gasteiger partial charge in [-0.25, -0.2) is 5.48 Å². The number of nitrogens with one attached hydrogen (secondary N) is 1. The molecule has 0 spiro atoms. The van der Waals surface area contributed by atoms with Crippen LogP contribution in [-0.4, -0.2) is 22.8 Å². The lowest BCUT2D eigenvalue weighted by atomic mass is 10.1. The van der Waals surface area contributed by atoms with Gasteiger partial charge in [-0.05, 0) is 12.8 Å². The number of rotatable bonds is 7. The fraction of sp³-hybridized carbons (Fsp3) is 0.857. The van der Waals surface area contributed by atoms with E-state index in [1.54, 1.807) is 0 Å². The van der Waals surface area contributed by atoms with E-state index in [0.29, 0.717) is 6.54 Å². The molecule has 0 aromatic carbocycles. The van der Waals surface area contributed by atoms with Gasteiger partial charge in [-0.3, -0.25) is 4.79 Å². The molecule has 0 saturated carbocycles. The van der Waals surface area contributed by atoms with Crippen LogP contribution in [0.3, 0.4) is 0 Å². The summed E-state index contributed by atoms with van der Waals surface area (Å²) in [5.74, 6) is -0.731. The monoisotopic (exact) mass is 161 g/mol. The molecule has 11 heavy (non-hydrogen) atoms. The molecule has 0 aliphatic carbocycles. The topological polar surface area (TPSA) is 69.6 Å². The minimum absolute atomic E-state index is 0.257. The van der Waals surface area contributed by atoms with Crippen LogP contribution in [0.2, 0.25) is 0 Å². The van der Waals surface area contributed by atoms with Gasteiger partial charge >= 0.3 is 5.97 Å². The van der Waals surface area contributed by atoms with Gasteiger partial charge in [0.1, 0.15) is 0 Å². The van der Waals surface area contributed by atoms with Crippen molar-refractivity contribution in [3.8, 4) is 0 Å². The molecular formula is C7H15NO3. The fourth-order valence-corrected chi connectivity index (χ4v) is 0.834. The lowest BCUT2D eigenvalue weighted by molar-refractivity contribution is -0.137. The summed E-state index contributed by atoms with van der Waals surface area (Å²) in [6.07, 6.45) is 3.79. The van der Waals surface area contributed by atoms with E-state index in [1.165, 1.54) is 0 Å². The van der Waals surface area contributed by atoms with Crippen molar-refractivity contribution >= 4 is 5.97 Å². The molecular weight excluding hydrogens is 146 g/mol. The van der Waals surface area contributed by atoms with Gasteiger partial charge in [0, 0.05) is 13.0 Å². The van der Waals surface area contributed by atoms with Crippen molar-refractivity contribution in [3.63, 3.8) is 0 Å². The van der Waals surface area contributed by atoms with Crippen molar-refractivity contribution in [2.24, 2.45) is 0 Å². The van der Waals surface area contributed by atoms with Gasteiger partial charge in [0.25, 0.3) is 0 Å². The Morgan fingerprint density at radius 1 is 1.18 bits per heavy atom. The summed E-state index contributed by atoms with van der Waals surface area (Å²) in [6, 6.07) is 0. The first kappa shape index (κ1) is 10.4. The molecule has 0 saturated heterocycles. The number of hydroxylamine groups is 1. The molecule has 0 aliphatic rings. The zero-order valence-corrected chi connectivity index (χ0v) is 6.55. The van der Waals surface area contributed by atoms with Gasteiger partial charge in [-0.2, -0.15) is 0 Å². The molecule has 4 nitrogen and oxygen atoms in total. The Balaban J connectivity index is 2.85. The smallest absolute Gasteiger partial charge is 0.303 e. The highest BCUT2D eigenvalue weighted by Gasteiger charge is 1.95. The Bertz CT molecular complexity index is 106. The number of hydrogen-bond acceptors (Lipinski definition) is 3. The Morgan fingerprint density at radius 2 is 1.82 bits per heavy atom. The molecule has 0 aromatic heterocycles. The van der Waals surface area contributed by atoms with Crippen LogP contribution in [0, 0.1) is 0 Å². The standard InChI is InChI=1S/C7H15NO3/c9-7(10)5-3-1-2-4-6-8-11/h8,11H,1-6H2,(H,9,10). The second kappa shape index (κ2) is 7.50. The average Bonchev–Trinajstić information content (AvgIpc) is 1.96. The molecule has 0 fully saturated rings. The number of carbonyl (C=O) groups is 1. The Morgan fingerprint density at radius 3 is 2.36 bits per heavy atom. The predicted molar refractivity (Wildman–Crippen MR) is 40.5 cm³/mol. The van der Waals surface area contributed by atoms with Crippen LogP contribution in [0.1, 0.15) is 32.1 Å². The van der Waals surface area contributed by atoms with Crippen molar-refractivity contribution in [1.29, 1.82) is 0 Å². The maximum atomic E-state index is 10.0. The Hall–Kier alpha value is -0.610. The molecule has 0 radical (unpaired) electrons. The van der Waals surface area contributed by atoms with Crippen LogP contribution in [0.4, 0.5) is 0 Å². The predicted octanol–water partition coefficient (Wildman–Crippen LogP) is 1.00. The van der Waals surface area contributed by atoms with E-state index < -0.39 is 5.97 Å². The first-order chi connectivity index (χ1) is 5.27. The highest BCUT2D eigenvalue weighted by molar-refractivity contribution is 5.66. The molecule has 0 heterocycles. The van der Waals surface area contributed by atoms with E-state index in [9.17, 15) is 4.79 Å². The Kier molecular flexibility index (Phi) is 7.08. The third-order valence-electron chi connectivity index (χ3n) is 1.43. The second-order valence-corrected chi connectivity index (χ2v) is 2.47. The van der Waals surface area contributed by atoms with E-state index in [4.69, 9.17) is 10.3 Å². The summed E-state index contributed by atoms with van der Waals surface area (Å²) < 4.78 is 0. The molecule has 0 amide bonds. The molecule has 0 aromatic rings. The number of carboxylic acids is 1. The van der Waals surface area contributed by atoms with Gasteiger partial charge in [0.05, 0.1) is 0 Å². The normalized spacial score (nSPS) is 9.91. The maximum absolute atomic E-state index is 10.0. The number of aliphatic carboxylic acids is 1. The molecule has 4 heteroatoms. The van der Waals surface area contributed by atoms with Crippen molar-refractivity contribution in [3.05, 3.63) is 0 Å². The van der Waals surface area contributed by atoms with Crippen LogP contribution < -0.4 is 5.48 Å². The van der Waals surface area contributed by atoms with Crippen LogP contribution >= 0.6 is 0 Å². The highest BCUT2D eigenvalue weighted by Crippen LogP contribution is 2.01. The molecule has 0 bridgehead atoms. The third kappa shape index (κ3) is 9.39. The van der Waals surface area contributed by atoms with E-state index in [0.717, 1.165) is 25.7 Å². The minimum atomic E-state index is -0.731. The lowest BCUT2D eigenvalue weighted by Gasteiger charge is -1.97. The SMILES string of the molecule is O=C(O)CCCCCCNO. The van der Waals surface area contributed by atoms with E-state index >= 15 is 0 Å². The van der Waals surface area contributed by atoms with Gasteiger partial charge in [0.2, 0.25) is 0 Å². The molecule has 0 rings (SSSR count). The first-order valence-electron chi connectivity index (χ1n) is 3.86. The molecule has 66 valence electrons. The van der Waals surface area contributed by atoms with E-state index in [2.05, 4.69) is 5.48 Å². The molecule has 3 N–H and O–H groups in total. The summed E-state index contributed by atoms with van der Waals surface area (Å²) in [4.78, 5) is 10.0. The number of carboxylic acid groups (broad SMARTS) is 1. The summed E-state index contributed by atoms with van der Waals surface area (Å²) in [6.45, 7) is 0.590. The van der Waals surface area contributed by atoms with Crippen LogP contribution in [0.5, 0.6) is 0 Å². The first-order valence-corrected chi connectivity index (χ1v) is 3.86. The van der Waals surface area contributed by atoms with Crippen molar-refractivity contribution in [1.82, 2.24) is 5.48 Å². The summed E-state index contributed by atoms with van der Waals surface area (Å²) in [7, 11) is 0. The summed E-state index contributed by atoms with van der Waals surface area (Å²) >= 11 is 0. The quantitative estimate of drug-likeness (QED) is 0.385. The second-order valence-electron chi connectivity index (χ2n) is 2.47. The highest BCUT2D eigenvalue weighted by atomic mass is 16.5. The zero-order valence-electron chi connectivity index (χ0n) is 6.55. The van der Waals surface area contributed by atoms with Crippen molar-refractivity contribution < 1.29 is 15.1 Å². The van der Waals surface area contributed by atoms with Gasteiger partial charge in [-0.1, -0.05) is 12.8 Å². The van der Waals surface area contributed by atoms with Crippen LogP contribution in [-0.2, 0) is 4.79 Å². The maximum Gasteiger partial charge on any atom is 0.303 e. The number of hydrogen-bond donors (Lipinski definition) is 3. The molecule has 0 atom stereocenters. The number of unbranched alkanes of at least 4 members (excludes halogenated alkanes) is 3. The fourth-order valence-electron chi connectivity index (χ4n) is 0.834. The molecule has 0 aliphatic heterocycles. The Labute approximate surface area is 66.2 Å².